The van der Waals surface area contributed by atoms with Crippen molar-refractivity contribution in [2.45, 2.75) is 32.5 Å². The third-order valence-electron chi connectivity index (χ3n) is 4.01. The number of fused-ring (bicyclic) bond motifs is 1. The van der Waals surface area contributed by atoms with Gasteiger partial charge >= 0.3 is 11.6 Å². The van der Waals surface area contributed by atoms with E-state index in [1.165, 1.54) is 13.2 Å². The molecule has 0 amide bonds. The molecule has 27 heavy (non-hydrogen) atoms. The molecular formula is C20H24O7. The average molecular weight is 376 g/mol. The minimum absolute atomic E-state index is 0.108. The van der Waals surface area contributed by atoms with Crippen molar-refractivity contribution in [1.29, 1.82) is 0 Å². The summed E-state index contributed by atoms with van der Waals surface area (Å²) in [5, 5.41) is 21.7. The number of esters is 1. The van der Waals surface area contributed by atoms with Gasteiger partial charge in [-0.1, -0.05) is 20.4 Å². The zero-order valence-corrected chi connectivity index (χ0v) is 15.6. The Balaban J connectivity index is 2.26. The Kier molecular flexibility index (Phi) is 6.76. The summed E-state index contributed by atoms with van der Waals surface area (Å²) in [4.78, 5) is 23.3. The highest BCUT2D eigenvalue weighted by Crippen LogP contribution is 2.35. The maximum atomic E-state index is 11.7. The van der Waals surface area contributed by atoms with Gasteiger partial charge in [-0.15, -0.1) is 0 Å². The molecule has 0 radical (unpaired) electrons. The Labute approximate surface area is 156 Å². The Hall–Kier alpha value is -2.64. The second kappa shape index (κ2) is 8.83. The largest absolute Gasteiger partial charge is 0.496 e. The Morgan fingerprint density at radius 2 is 1.89 bits per heavy atom. The number of aliphatic hydroxyl groups is 2. The first-order valence-electron chi connectivity index (χ1n) is 8.54. The van der Waals surface area contributed by atoms with Crippen molar-refractivity contribution in [3.63, 3.8) is 0 Å². The van der Waals surface area contributed by atoms with Crippen LogP contribution in [0.1, 0.15) is 31.9 Å². The van der Waals surface area contributed by atoms with E-state index >= 15 is 0 Å². The van der Waals surface area contributed by atoms with Crippen LogP contribution in [0.5, 0.6) is 5.75 Å². The summed E-state index contributed by atoms with van der Waals surface area (Å²) in [5.74, 6) is -0.0290. The number of benzene rings is 1. The number of hydrogen-bond donors (Lipinski definition) is 2. The minimum atomic E-state index is -1.49. The van der Waals surface area contributed by atoms with Gasteiger partial charge in [0.1, 0.15) is 30.1 Å². The zero-order valence-electron chi connectivity index (χ0n) is 15.6. The first-order chi connectivity index (χ1) is 12.7. The van der Waals surface area contributed by atoms with Crippen molar-refractivity contribution < 1.29 is 28.9 Å². The number of carbonyl (C=O) groups excluding carboxylic acids is 1. The Bertz CT molecular complexity index is 882. The molecule has 0 aliphatic carbocycles. The molecule has 7 heteroatoms. The van der Waals surface area contributed by atoms with Crippen LogP contribution in [0, 0.1) is 5.92 Å². The highest BCUT2D eigenvalue weighted by molar-refractivity contribution is 5.82. The van der Waals surface area contributed by atoms with Crippen LogP contribution in [0.3, 0.4) is 0 Å². The van der Waals surface area contributed by atoms with Gasteiger partial charge < -0.3 is 24.1 Å². The van der Waals surface area contributed by atoms with E-state index in [1.807, 2.05) is 13.8 Å². The molecule has 0 saturated carbocycles. The topological polar surface area (TPSA) is 106 Å². The molecule has 2 N–H and O–H groups in total. The van der Waals surface area contributed by atoms with Crippen LogP contribution >= 0.6 is 0 Å². The van der Waals surface area contributed by atoms with Gasteiger partial charge in [-0.3, -0.25) is 4.79 Å². The Morgan fingerprint density at radius 3 is 2.52 bits per heavy atom. The van der Waals surface area contributed by atoms with Crippen molar-refractivity contribution in [2.24, 2.45) is 5.92 Å². The predicted molar refractivity (Wildman–Crippen MR) is 99.6 cm³/mol. The summed E-state index contributed by atoms with van der Waals surface area (Å²) in [7, 11) is 1.40. The normalized spacial score (nSPS) is 13.4. The highest BCUT2D eigenvalue weighted by atomic mass is 16.5. The fourth-order valence-corrected chi connectivity index (χ4v) is 2.63. The van der Waals surface area contributed by atoms with Crippen molar-refractivity contribution in [3.05, 3.63) is 52.4 Å². The van der Waals surface area contributed by atoms with Crippen LogP contribution in [0.15, 0.2) is 45.6 Å². The lowest BCUT2D eigenvalue weighted by Gasteiger charge is -2.22. The number of hydrogen-bond acceptors (Lipinski definition) is 7. The van der Waals surface area contributed by atoms with Gasteiger partial charge in [-0.05, 0) is 29.7 Å². The van der Waals surface area contributed by atoms with E-state index in [0.717, 1.165) is 0 Å². The molecule has 0 aliphatic rings. The highest BCUT2D eigenvalue weighted by Gasteiger charge is 2.28. The number of carbonyl (C=O) groups is 1. The van der Waals surface area contributed by atoms with Gasteiger partial charge in [0.2, 0.25) is 0 Å². The van der Waals surface area contributed by atoms with Crippen LogP contribution in [-0.4, -0.2) is 36.0 Å². The molecule has 0 bridgehead atoms. The first-order valence-corrected chi connectivity index (χ1v) is 8.54. The monoisotopic (exact) mass is 376 g/mol. The Morgan fingerprint density at radius 1 is 1.22 bits per heavy atom. The number of rotatable bonds is 8. The van der Waals surface area contributed by atoms with Crippen LogP contribution in [0.2, 0.25) is 0 Å². The van der Waals surface area contributed by atoms with Gasteiger partial charge in [0.15, 0.2) is 0 Å². The second-order valence-corrected chi connectivity index (χ2v) is 6.66. The molecule has 2 aromatic rings. The molecule has 2 rings (SSSR count). The maximum Gasteiger partial charge on any atom is 0.336 e. The lowest BCUT2D eigenvalue weighted by atomic mass is 9.96. The summed E-state index contributed by atoms with van der Waals surface area (Å²) >= 11 is 0. The van der Waals surface area contributed by atoms with Crippen molar-refractivity contribution in [1.82, 2.24) is 0 Å². The molecule has 1 aromatic carbocycles. The second-order valence-electron chi connectivity index (χ2n) is 6.66. The van der Waals surface area contributed by atoms with Crippen LogP contribution in [0.25, 0.3) is 11.0 Å². The van der Waals surface area contributed by atoms with Gasteiger partial charge in [-0.25, -0.2) is 4.79 Å². The third-order valence-corrected chi connectivity index (χ3v) is 4.01. The van der Waals surface area contributed by atoms with Crippen molar-refractivity contribution in [3.8, 4) is 5.75 Å². The number of methoxy groups -OCH3 is 1. The molecule has 0 saturated heterocycles. The van der Waals surface area contributed by atoms with Gasteiger partial charge in [-0.2, -0.15) is 0 Å². The fourth-order valence-electron chi connectivity index (χ4n) is 2.63. The standard InChI is InChI=1S/C20H24O7/c1-11(2)9-16(22)26-10-12(3)18(23)19(24)17-14(25-4)7-5-13-6-8-15(21)27-20(13)17/h5-8,11,18-19,23-24H,3,9-10H2,1-2,4H3. The minimum Gasteiger partial charge on any atom is -0.496 e. The molecule has 7 nitrogen and oxygen atoms in total. The SMILES string of the molecule is C=C(COC(=O)CC(C)C)C(O)C(O)c1c(OC)ccc2ccc(=O)oc12. The maximum absolute atomic E-state index is 11.7. The van der Waals surface area contributed by atoms with Crippen LogP contribution in [0.4, 0.5) is 0 Å². The first kappa shape index (κ1) is 20.7. The average Bonchev–Trinajstić information content (AvgIpc) is 2.63. The summed E-state index contributed by atoms with van der Waals surface area (Å²) < 4.78 is 15.5. The lowest BCUT2D eigenvalue weighted by Crippen LogP contribution is -2.24. The molecule has 2 atom stereocenters. The molecule has 0 spiro atoms. The molecule has 2 unspecified atom stereocenters. The molecule has 0 fully saturated rings. The molecule has 0 aliphatic heterocycles. The predicted octanol–water partition coefficient (Wildman–Crippen LogP) is 2.34. The number of aliphatic hydroxyl groups excluding tert-OH is 2. The summed E-state index contributed by atoms with van der Waals surface area (Å²) in [6.45, 7) is 7.22. The van der Waals surface area contributed by atoms with Crippen molar-refractivity contribution >= 4 is 16.9 Å². The van der Waals surface area contributed by atoms with Crippen molar-refractivity contribution in [2.75, 3.05) is 13.7 Å². The molecule has 1 heterocycles. The summed E-state index contributed by atoms with van der Waals surface area (Å²) in [6.07, 6.45) is -2.71. The van der Waals surface area contributed by atoms with Crippen LogP contribution in [-0.2, 0) is 9.53 Å². The van der Waals surface area contributed by atoms with E-state index < -0.39 is 23.8 Å². The van der Waals surface area contributed by atoms with E-state index in [2.05, 4.69) is 6.58 Å². The van der Waals surface area contributed by atoms with E-state index in [0.29, 0.717) is 5.39 Å². The van der Waals surface area contributed by atoms with Gasteiger partial charge in [0.25, 0.3) is 0 Å². The van der Waals surface area contributed by atoms with Gasteiger partial charge in [0.05, 0.1) is 12.7 Å². The van der Waals surface area contributed by atoms with E-state index in [9.17, 15) is 19.8 Å². The zero-order chi connectivity index (χ0) is 20.1. The molecule has 146 valence electrons. The van der Waals surface area contributed by atoms with Gasteiger partial charge in [0, 0.05) is 17.9 Å². The molecule has 1 aromatic heterocycles. The quantitative estimate of drug-likeness (QED) is 0.414. The fraction of sp³-hybridized carbons (Fsp3) is 0.400. The van der Waals surface area contributed by atoms with E-state index in [4.69, 9.17) is 13.9 Å². The summed E-state index contributed by atoms with van der Waals surface area (Å²) in [5.41, 5.74) is -0.259. The lowest BCUT2D eigenvalue weighted by molar-refractivity contribution is -0.143. The van der Waals surface area contributed by atoms with E-state index in [1.54, 1.807) is 18.2 Å². The van der Waals surface area contributed by atoms with E-state index in [-0.39, 0.29) is 41.4 Å². The van der Waals surface area contributed by atoms with Crippen LogP contribution < -0.4 is 10.4 Å². The summed E-state index contributed by atoms with van der Waals surface area (Å²) in [6, 6.07) is 6.07. The smallest absolute Gasteiger partial charge is 0.336 e. The molecular weight excluding hydrogens is 352 g/mol. The number of ether oxygens (including phenoxy) is 2. The third kappa shape index (κ3) is 4.96.